The van der Waals surface area contributed by atoms with Crippen molar-refractivity contribution >= 4 is 17.2 Å². The van der Waals surface area contributed by atoms with Crippen LogP contribution < -0.4 is 10.5 Å². The van der Waals surface area contributed by atoms with Crippen molar-refractivity contribution in [3.8, 4) is 5.75 Å². The summed E-state index contributed by atoms with van der Waals surface area (Å²) in [6, 6.07) is 5.91. The molecule has 0 fully saturated rings. The van der Waals surface area contributed by atoms with Crippen molar-refractivity contribution in [2.24, 2.45) is 11.7 Å². The van der Waals surface area contributed by atoms with E-state index in [4.69, 9.17) is 22.7 Å². The number of benzene rings is 1. The molecule has 2 nitrogen and oxygen atoms in total. The Morgan fingerprint density at radius 3 is 2.63 bits per heavy atom. The van der Waals surface area contributed by atoms with Gasteiger partial charge in [0.2, 0.25) is 0 Å². The van der Waals surface area contributed by atoms with Crippen LogP contribution >= 0.6 is 12.2 Å². The van der Waals surface area contributed by atoms with Crippen molar-refractivity contribution in [2.45, 2.75) is 46.5 Å². The number of rotatable bonds is 8. The van der Waals surface area contributed by atoms with E-state index in [0.717, 1.165) is 23.5 Å². The lowest BCUT2D eigenvalue weighted by Crippen LogP contribution is -2.13. The van der Waals surface area contributed by atoms with E-state index in [0.29, 0.717) is 10.9 Å². The second-order valence-corrected chi connectivity index (χ2v) is 5.51. The van der Waals surface area contributed by atoms with Gasteiger partial charge >= 0.3 is 0 Å². The maximum Gasteiger partial charge on any atom is 0.119 e. The van der Waals surface area contributed by atoms with Gasteiger partial charge in [0.25, 0.3) is 0 Å². The minimum atomic E-state index is 0.443. The fourth-order valence-electron chi connectivity index (χ4n) is 2.11. The van der Waals surface area contributed by atoms with Gasteiger partial charge < -0.3 is 10.5 Å². The molecule has 0 radical (unpaired) electrons. The molecule has 3 heteroatoms. The maximum atomic E-state index is 5.89. The highest BCUT2D eigenvalue weighted by Crippen LogP contribution is 2.20. The molecule has 0 saturated carbocycles. The zero-order chi connectivity index (χ0) is 14.3. The van der Waals surface area contributed by atoms with E-state index in [1.807, 2.05) is 25.1 Å². The standard InChI is InChI=1S/C16H25NOS/c1-4-6-7-13(5-2)11-18-14-8-9-15(16(17)19)12(3)10-14/h8-10,13H,4-7,11H2,1-3H3,(H2,17,19). The van der Waals surface area contributed by atoms with Gasteiger partial charge in [-0.05, 0) is 43.0 Å². The second-order valence-electron chi connectivity index (χ2n) is 5.07. The van der Waals surface area contributed by atoms with Gasteiger partial charge in [0.1, 0.15) is 10.7 Å². The van der Waals surface area contributed by atoms with Crippen LogP contribution in [-0.4, -0.2) is 11.6 Å². The first-order chi connectivity index (χ1) is 9.08. The van der Waals surface area contributed by atoms with Crippen molar-refractivity contribution in [1.82, 2.24) is 0 Å². The highest BCUT2D eigenvalue weighted by atomic mass is 32.1. The van der Waals surface area contributed by atoms with Crippen molar-refractivity contribution in [3.05, 3.63) is 29.3 Å². The average molecular weight is 279 g/mol. The van der Waals surface area contributed by atoms with Crippen LogP contribution in [0.15, 0.2) is 18.2 Å². The maximum absolute atomic E-state index is 5.89. The number of ether oxygens (including phenoxy) is 1. The molecule has 1 atom stereocenters. The zero-order valence-electron chi connectivity index (χ0n) is 12.2. The summed E-state index contributed by atoms with van der Waals surface area (Å²) in [6.07, 6.45) is 4.94. The fourth-order valence-corrected chi connectivity index (χ4v) is 2.34. The summed E-state index contributed by atoms with van der Waals surface area (Å²) in [6.45, 7) is 7.26. The van der Waals surface area contributed by atoms with E-state index in [1.165, 1.54) is 25.7 Å². The van der Waals surface area contributed by atoms with Gasteiger partial charge in [0, 0.05) is 5.56 Å². The molecule has 0 aliphatic heterocycles. The Labute approximate surface area is 122 Å². The molecule has 0 amide bonds. The van der Waals surface area contributed by atoms with Crippen LogP contribution in [0.3, 0.4) is 0 Å². The largest absolute Gasteiger partial charge is 0.493 e. The van der Waals surface area contributed by atoms with Crippen molar-refractivity contribution in [1.29, 1.82) is 0 Å². The number of hydrogen-bond acceptors (Lipinski definition) is 2. The molecule has 106 valence electrons. The highest BCUT2D eigenvalue weighted by molar-refractivity contribution is 7.80. The van der Waals surface area contributed by atoms with Gasteiger partial charge in [-0.3, -0.25) is 0 Å². The van der Waals surface area contributed by atoms with E-state index in [2.05, 4.69) is 13.8 Å². The molecule has 19 heavy (non-hydrogen) atoms. The summed E-state index contributed by atoms with van der Waals surface area (Å²) in [5.74, 6) is 1.56. The van der Waals surface area contributed by atoms with E-state index in [9.17, 15) is 0 Å². The predicted molar refractivity (Wildman–Crippen MR) is 85.9 cm³/mol. The van der Waals surface area contributed by atoms with Crippen molar-refractivity contribution in [2.75, 3.05) is 6.61 Å². The van der Waals surface area contributed by atoms with Crippen LogP contribution in [0.5, 0.6) is 5.75 Å². The Morgan fingerprint density at radius 2 is 2.11 bits per heavy atom. The Morgan fingerprint density at radius 1 is 1.37 bits per heavy atom. The van der Waals surface area contributed by atoms with Gasteiger partial charge in [0.05, 0.1) is 6.61 Å². The van der Waals surface area contributed by atoms with Gasteiger partial charge in [-0.2, -0.15) is 0 Å². The summed E-state index contributed by atoms with van der Waals surface area (Å²) in [4.78, 5) is 0.443. The summed E-state index contributed by atoms with van der Waals surface area (Å²) in [7, 11) is 0. The Balaban J connectivity index is 2.57. The molecule has 0 heterocycles. The molecule has 1 aromatic carbocycles. The number of aryl methyl sites for hydroxylation is 1. The number of nitrogens with two attached hydrogens (primary N) is 1. The summed E-state index contributed by atoms with van der Waals surface area (Å²) in [5, 5.41) is 0. The van der Waals surface area contributed by atoms with E-state index >= 15 is 0 Å². The Bertz CT molecular complexity index is 417. The highest BCUT2D eigenvalue weighted by Gasteiger charge is 2.08. The van der Waals surface area contributed by atoms with E-state index in [1.54, 1.807) is 0 Å². The lowest BCUT2D eigenvalue weighted by molar-refractivity contribution is 0.233. The minimum Gasteiger partial charge on any atom is -0.493 e. The molecule has 1 rings (SSSR count). The molecule has 1 unspecified atom stereocenters. The fraction of sp³-hybridized carbons (Fsp3) is 0.562. The molecular weight excluding hydrogens is 254 g/mol. The Kier molecular flexibility index (Phi) is 6.85. The minimum absolute atomic E-state index is 0.443. The van der Waals surface area contributed by atoms with E-state index in [-0.39, 0.29) is 0 Å². The molecule has 0 bridgehead atoms. The third-order valence-corrected chi connectivity index (χ3v) is 3.71. The lowest BCUT2D eigenvalue weighted by Gasteiger charge is -2.16. The molecule has 0 aliphatic rings. The molecule has 0 saturated heterocycles. The third-order valence-electron chi connectivity index (χ3n) is 3.49. The van der Waals surface area contributed by atoms with Crippen LogP contribution in [0.25, 0.3) is 0 Å². The lowest BCUT2D eigenvalue weighted by atomic mass is 10.0. The molecule has 0 aliphatic carbocycles. The Hall–Kier alpha value is -1.09. The number of unbranched alkanes of at least 4 members (excludes halogenated alkanes) is 1. The summed E-state index contributed by atoms with van der Waals surface area (Å²) < 4.78 is 5.89. The smallest absolute Gasteiger partial charge is 0.119 e. The SMILES string of the molecule is CCCCC(CC)COc1ccc(C(N)=S)c(C)c1. The molecule has 0 spiro atoms. The van der Waals surface area contributed by atoms with Crippen LogP contribution in [0.4, 0.5) is 0 Å². The number of thiocarbonyl (C=S) groups is 1. The zero-order valence-corrected chi connectivity index (χ0v) is 13.1. The monoisotopic (exact) mass is 279 g/mol. The third kappa shape index (κ3) is 5.19. The first-order valence-electron chi connectivity index (χ1n) is 7.11. The predicted octanol–water partition coefficient (Wildman–Crippen LogP) is 4.22. The first kappa shape index (κ1) is 16.0. The van der Waals surface area contributed by atoms with Gasteiger partial charge in [-0.25, -0.2) is 0 Å². The topological polar surface area (TPSA) is 35.2 Å². The van der Waals surface area contributed by atoms with Gasteiger partial charge in [0.15, 0.2) is 0 Å². The van der Waals surface area contributed by atoms with Crippen molar-refractivity contribution < 1.29 is 4.74 Å². The van der Waals surface area contributed by atoms with Crippen LogP contribution in [0, 0.1) is 12.8 Å². The summed E-state index contributed by atoms with van der Waals surface area (Å²) >= 11 is 5.00. The van der Waals surface area contributed by atoms with Crippen LogP contribution in [-0.2, 0) is 0 Å². The summed E-state index contributed by atoms with van der Waals surface area (Å²) in [5.41, 5.74) is 7.66. The van der Waals surface area contributed by atoms with Gasteiger partial charge in [-0.15, -0.1) is 0 Å². The quantitative estimate of drug-likeness (QED) is 0.723. The molecule has 1 aromatic rings. The molecule has 2 N–H and O–H groups in total. The van der Waals surface area contributed by atoms with Crippen molar-refractivity contribution in [3.63, 3.8) is 0 Å². The molecule has 0 aromatic heterocycles. The second kappa shape index (κ2) is 8.16. The normalized spacial score (nSPS) is 12.2. The van der Waals surface area contributed by atoms with Crippen LogP contribution in [0.1, 0.15) is 50.7 Å². The number of hydrogen-bond donors (Lipinski definition) is 1. The van der Waals surface area contributed by atoms with E-state index < -0.39 is 0 Å². The van der Waals surface area contributed by atoms with Gasteiger partial charge in [-0.1, -0.05) is 45.3 Å². The molecular formula is C16H25NOS. The average Bonchev–Trinajstić information content (AvgIpc) is 2.38. The van der Waals surface area contributed by atoms with Crippen LogP contribution in [0.2, 0.25) is 0 Å². The first-order valence-corrected chi connectivity index (χ1v) is 7.52.